The number of carbonyl (C=O) groups excluding carboxylic acids is 2. The fourth-order valence-electron chi connectivity index (χ4n) is 4.38. The van der Waals surface area contributed by atoms with Crippen molar-refractivity contribution in [2.75, 3.05) is 24.7 Å². The molecule has 0 bridgehead atoms. The Bertz CT molecular complexity index is 1350. The number of nitrogens with zero attached hydrogens (tertiary/aromatic N) is 3. The first-order valence-corrected chi connectivity index (χ1v) is 13.9. The number of aliphatic hydroxyl groups is 1. The number of Topliss-reactive ketones (excluding diaryl/α,β-unsaturated/α-hetero) is 1. The number of aryl methyl sites for hydroxylation is 1. The van der Waals surface area contributed by atoms with Crippen molar-refractivity contribution < 1.29 is 28.9 Å². The molecule has 206 valence electrons. The standard InChI is InChI=1S/C29H33N3O6S/c1-5-8-9-16-38-22-15-12-20(17-23(22)37-7-3)25-24(26(33)19-10-13-21(14-11-19)36-6-2)27(34)28(35)32(25)29-31-30-18(4)39-29/h10-15,17,25,33H,5-9,16H2,1-4H3. The maximum absolute atomic E-state index is 13.4. The molecule has 1 atom stereocenters. The second kappa shape index (κ2) is 12.8. The van der Waals surface area contributed by atoms with Crippen LogP contribution < -0.4 is 19.1 Å². The smallest absolute Gasteiger partial charge is 0.301 e. The molecular formula is C29H33N3O6S. The second-order valence-corrected chi connectivity index (χ2v) is 10.1. The zero-order valence-corrected chi connectivity index (χ0v) is 23.4. The zero-order chi connectivity index (χ0) is 27.9. The Morgan fingerprint density at radius 2 is 1.69 bits per heavy atom. The third-order valence-electron chi connectivity index (χ3n) is 6.19. The Hall–Kier alpha value is -3.92. The van der Waals surface area contributed by atoms with E-state index in [1.807, 2.05) is 13.8 Å². The molecule has 1 fully saturated rings. The van der Waals surface area contributed by atoms with Crippen LogP contribution in [0.2, 0.25) is 0 Å². The maximum atomic E-state index is 13.4. The van der Waals surface area contributed by atoms with Gasteiger partial charge in [-0.3, -0.25) is 14.5 Å². The van der Waals surface area contributed by atoms with Crippen molar-refractivity contribution in [1.29, 1.82) is 0 Å². The van der Waals surface area contributed by atoms with Gasteiger partial charge in [-0.15, -0.1) is 10.2 Å². The van der Waals surface area contributed by atoms with Crippen molar-refractivity contribution in [3.8, 4) is 17.2 Å². The summed E-state index contributed by atoms with van der Waals surface area (Å²) in [6, 6.07) is 11.1. The minimum atomic E-state index is -0.947. The molecule has 2 heterocycles. The Morgan fingerprint density at radius 1 is 0.949 bits per heavy atom. The monoisotopic (exact) mass is 551 g/mol. The first-order chi connectivity index (χ1) is 18.9. The second-order valence-electron chi connectivity index (χ2n) is 8.92. The fourth-order valence-corrected chi connectivity index (χ4v) is 5.09. The summed E-state index contributed by atoms with van der Waals surface area (Å²) in [5.74, 6) is -0.189. The van der Waals surface area contributed by atoms with Gasteiger partial charge in [0.15, 0.2) is 11.5 Å². The van der Waals surface area contributed by atoms with Crippen LogP contribution in [0, 0.1) is 6.92 Å². The Labute approximate surface area is 232 Å². The Morgan fingerprint density at radius 3 is 2.33 bits per heavy atom. The molecule has 2 aromatic carbocycles. The largest absolute Gasteiger partial charge is 0.507 e. The van der Waals surface area contributed by atoms with Gasteiger partial charge in [-0.1, -0.05) is 37.2 Å². The summed E-state index contributed by atoms with van der Waals surface area (Å²) in [5.41, 5.74) is 0.908. The topological polar surface area (TPSA) is 111 Å². The fraction of sp³-hybridized carbons (Fsp3) is 0.379. The van der Waals surface area contributed by atoms with Crippen molar-refractivity contribution in [3.05, 3.63) is 64.2 Å². The number of carbonyl (C=O) groups is 2. The summed E-state index contributed by atoms with van der Waals surface area (Å²) in [4.78, 5) is 28.1. The summed E-state index contributed by atoms with van der Waals surface area (Å²) < 4.78 is 17.3. The van der Waals surface area contributed by atoms with Gasteiger partial charge in [-0.25, -0.2) is 0 Å². The molecular weight excluding hydrogens is 518 g/mol. The van der Waals surface area contributed by atoms with Gasteiger partial charge < -0.3 is 19.3 Å². The van der Waals surface area contributed by atoms with Crippen LogP contribution in [0.1, 0.15) is 62.2 Å². The van der Waals surface area contributed by atoms with E-state index in [1.54, 1.807) is 49.4 Å². The summed E-state index contributed by atoms with van der Waals surface area (Å²) in [5, 5.41) is 20.5. The third kappa shape index (κ3) is 6.06. The molecule has 9 nitrogen and oxygen atoms in total. The molecule has 4 rings (SSSR count). The predicted octanol–water partition coefficient (Wildman–Crippen LogP) is 5.84. The first kappa shape index (κ1) is 28.1. The van der Waals surface area contributed by atoms with E-state index in [9.17, 15) is 14.7 Å². The number of rotatable bonds is 12. The number of unbranched alkanes of at least 4 members (excludes halogenated alkanes) is 2. The molecule has 1 aromatic heterocycles. The van der Waals surface area contributed by atoms with Crippen LogP contribution in [0.15, 0.2) is 48.0 Å². The van der Waals surface area contributed by atoms with Gasteiger partial charge in [0.25, 0.3) is 5.78 Å². The Kier molecular flexibility index (Phi) is 9.19. The molecule has 1 unspecified atom stereocenters. The van der Waals surface area contributed by atoms with Crippen LogP contribution in [-0.4, -0.2) is 46.8 Å². The number of benzene rings is 2. The van der Waals surface area contributed by atoms with Crippen molar-refractivity contribution in [3.63, 3.8) is 0 Å². The van der Waals surface area contributed by atoms with E-state index < -0.39 is 17.7 Å². The van der Waals surface area contributed by atoms with Crippen LogP contribution in [-0.2, 0) is 9.59 Å². The van der Waals surface area contributed by atoms with E-state index in [-0.39, 0.29) is 16.5 Å². The zero-order valence-electron chi connectivity index (χ0n) is 22.6. The van der Waals surface area contributed by atoms with Gasteiger partial charge in [0.05, 0.1) is 31.4 Å². The van der Waals surface area contributed by atoms with Gasteiger partial charge in [-0.2, -0.15) is 0 Å². The lowest BCUT2D eigenvalue weighted by molar-refractivity contribution is -0.132. The van der Waals surface area contributed by atoms with Crippen molar-refractivity contribution in [1.82, 2.24) is 10.2 Å². The minimum absolute atomic E-state index is 0.0453. The Balaban J connectivity index is 1.82. The normalized spacial score (nSPS) is 16.5. The quantitative estimate of drug-likeness (QED) is 0.129. The van der Waals surface area contributed by atoms with E-state index in [2.05, 4.69) is 17.1 Å². The SMILES string of the molecule is CCCCCOc1ccc(C2C(=C(O)c3ccc(OCC)cc3)C(=O)C(=O)N2c2nnc(C)s2)cc1OCC. The van der Waals surface area contributed by atoms with Gasteiger partial charge in [0.1, 0.15) is 16.5 Å². The van der Waals surface area contributed by atoms with Crippen LogP contribution >= 0.6 is 11.3 Å². The lowest BCUT2D eigenvalue weighted by Gasteiger charge is -2.23. The number of ketones is 1. The summed E-state index contributed by atoms with van der Waals surface area (Å²) in [7, 11) is 0. The van der Waals surface area contributed by atoms with Crippen molar-refractivity contribution in [2.45, 2.75) is 53.0 Å². The van der Waals surface area contributed by atoms with Crippen molar-refractivity contribution in [2.24, 2.45) is 0 Å². The van der Waals surface area contributed by atoms with E-state index in [0.29, 0.717) is 53.2 Å². The highest BCUT2D eigenvalue weighted by Crippen LogP contribution is 2.45. The van der Waals surface area contributed by atoms with E-state index in [4.69, 9.17) is 14.2 Å². The average molecular weight is 552 g/mol. The minimum Gasteiger partial charge on any atom is -0.507 e. The predicted molar refractivity (Wildman–Crippen MR) is 150 cm³/mol. The van der Waals surface area contributed by atoms with Gasteiger partial charge in [0, 0.05) is 5.56 Å². The number of hydrogen-bond donors (Lipinski definition) is 1. The number of ether oxygens (including phenoxy) is 3. The molecule has 1 amide bonds. The van der Waals surface area contributed by atoms with Gasteiger partial charge >= 0.3 is 5.91 Å². The number of aromatic nitrogens is 2. The number of amides is 1. The molecule has 10 heteroatoms. The molecule has 1 aliphatic rings. The molecule has 0 saturated carbocycles. The van der Waals surface area contributed by atoms with E-state index in [1.165, 1.54) is 16.2 Å². The number of anilines is 1. The van der Waals surface area contributed by atoms with Crippen LogP contribution in [0.25, 0.3) is 5.76 Å². The lowest BCUT2D eigenvalue weighted by atomic mass is 9.95. The van der Waals surface area contributed by atoms with Gasteiger partial charge in [-0.05, 0) is 69.2 Å². The number of aliphatic hydroxyl groups excluding tert-OH is 1. The molecule has 3 aromatic rings. The molecule has 0 spiro atoms. The van der Waals surface area contributed by atoms with Crippen LogP contribution in [0.3, 0.4) is 0 Å². The molecule has 0 radical (unpaired) electrons. The van der Waals surface area contributed by atoms with E-state index >= 15 is 0 Å². The van der Waals surface area contributed by atoms with E-state index in [0.717, 1.165) is 19.3 Å². The lowest BCUT2D eigenvalue weighted by Crippen LogP contribution is -2.29. The molecule has 1 saturated heterocycles. The summed E-state index contributed by atoms with van der Waals surface area (Å²) >= 11 is 1.19. The van der Waals surface area contributed by atoms with Gasteiger partial charge in [0.2, 0.25) is 5.13 Å². The molecule has 39 heavy (non-hydrogen) atoms. The summed E-state index contributed by atoms with van der Waals surface area (Å²) in [6.07, 6.45) is 3.06. The molecule has 1 N–H and O–H groups in total. The van der Waals surface area contributed by atoms with Crippen LogP contribution in [0.4, 0.5) is 5.13 Å². The molecule has 1 aliphatic heterocycles. The third-order valence-corrected chi connectivity index (χ3v) is 7.03. The highest BCUT2D eigenvalue weighted by atomic mass is 32.1. The highest BCUT2D eigenvalue weighted by Gasteiger charge is 2.48. The van der Waals surface area contributed by atoms with Crippen molar-refractivity contribution >= 4 is 33.9 Å². The average Bonchev–Trinajstić information content (AvgIpc) is 3.47. The molecule has 0 aliphatic carbocycles. The number of hydrogen-bond acceptors (Lipinski definition) is 9. The maximum Gasteiger partial charge on any atom is 0.301 e. The first-order valence-electron chi connectivity index (χ1n) is 13.1. The van der Waals surface area contributed by atoms with Crippen LogP contribution in [0.5, 0.6) is 17.2 Å². The summed E-state index contributed by atoms with van der Waals surface area (Å²) in [6.45, 7) is 9.09. The highest BCUT2D eigenvalue weighted by molar-refractivity contribution is 7.15.